The van der Waals surface area contributed by atoms with Crippen molar-refractivity contribution in [1.29, 1.82) is 0 Å². The quantitative estimate of drug-likeness (QED) is 0.808. The molecular weight excluding hydrogens is 202 g/mol. The van der Waals surface area contributed by atoms with E-state index >= 15 is 0 Å². The van der Waals surface area contributed by atoms with E-state index < -0.39 is 6.10 Å². The highest BCUT2D eigenvalue weighted by Crippen LogP contribution is 2.29. The predicted octanol–water partition coefficient (Wildman–Crippen LogP) is 1.73. The Balaban J connectivity index is 3.07. The second-order valence-corrected chi connectivity index (χ2v) is 3.63. The Kier molecular flexibility index (Phi) is 3.75. The molecule has 0 radical (unpaired) electrons. The van der Waals surface area contributed by atoms with Gasteiger partial charge in [-0.05, 0) is 19.1 Å². The van der Waals surface area contributed by atoms with Crippen molar-refractivity contribution < 1.29 is 9.84 Å². The van der Waals surface area contributed by atoms with Crippen molar-refractivity contribution in [3.63, 3.8) is 0 Å². The highest BCUT2D eigenvalue weighted by atomic mass is 35.5. The van der Waals surface area contributed by atoms with Gasteiger partial charge < -0.3 is 15.6 Å². The van der Waals surface area contributed by atoms with Crippen molar-refractivity contribution in [2.45, 2.75) is 19.1 Å². The third-order valence-electron chi connectivity index (χ3n) is 2.01. The van der Waals surface area contributed by atoms with Gasteiger partial charge in [0, 0.05) is 16.6 Å². The summed E-state index contributed by atoms with van der Waals surface area (Å²) >= 11 is 5.79. The zero-order chi connectivity index (χ0) is 10.7. The van der Waals surface area contributed by atoms with Crippen molar-refractivity contribution in [3.8, 4) is 5.75 Å². The molecule has 0 spiro atoms. The summed E-state index contributed by atoms with van der Waals surface area (Å²) < 4.78 is 5.10. The minimum absolute atomic E-state index is 0.343. The maximum Gasteiger partial charge on any atom is 0.126 e. The summed E-state index contributed by atoms with van der Waals surface area (Å²) in [6.07, 6.45) is -0.734. The highest BCUT2D eigenvalue weighted by Gasteiger charge is 2.16. The van der Waals surface area contributed by atoms with Crippen LogP contribution in [-0.4, -0.2) is 18.3 Å². The van der Waals surface area contributed by atoms with Crippen molar-refractivity contribution in [2.75, 3.05) is 7.11 Å². The molecule has 0 aromatic heterocycles. The lowest BCUT2D eigenvalue weighted by Crippen LogP contribution is -2.24. The van der Waals surface area contributed by atoms with E-state index in [9.17, 15) is 5.11 Å². The molecule has 0 fully saturated rings. The summed E-state index contributed by atoms with van der Waals surface area (Å²) in [6.45, 7) is 1.73. The fourth-order valence-electron chi connectivity index (χ4n) is 1.21. The van der Waals surface area contributed by atoms with Gasteiger partial charge in [0.05, 0.1) is 13.2 Å². The number of aliphatic hydroxyl groups excluding tert-OH is 1. The van der Waals surface area contributed by atoms with E-state index in [2.05, 4.69) is 0 Å². The highest BCUT2D eigenvalue weighted by molar-refractivity contribution is 6.30. The largest absolute Gasteiger partial charge is 0.496 e. The average Bonchev–Trinajstić information content (AvgIpc) is 2.16. The lowest BCUT2D eigenvalue weighted by molar-refractivity contribution is 0.149. The maximum atomic E-state index is 9.75. The Morgan fingerprint density at radius 3 is 2.64 bits per heavy atom. The van der Waals surface area contributed by atoms with Gasteiger partial charge in [-0.2, -0.15) is 0 Å². The molecule has 0 aliphatic rings. The van der Waals surface area contributed by atoms with E-state index in [4.69, 9.17) is 22.1 Å². The Bertz CT molecular complexity index is 315. The summed E-state index contributed by atoms with van der Waals surface area (Å²) in [4.78, 5) is 0. The van der Waals surface area contributed by atoms with Crippen LogP contribution in [0.2, 0.25) is 5.02 Å². The number of hydrogen-bond donors (Lipinski definition) is 2. The molecule has 0 saturated heterocycles. The molecule has 0 saturated carbocycles. The minimum Gasteiger partial charge on any atom is -0.496 e. The van der Waals surface area contributed by atoms with Crippen molar-refractivity contribution in [2.24, 2.45) is 5.73 Å². The third-order valence-corrected chi connectivity index (χ3v) is 2.25. The average molecular weight is 216 g/mol. The normalized spacial score (nSPS) is 14.9. The molecular formula is C10H14ClNO2. The predicted molar refractivity (Wildman–Crippen MR) is 56.6 cm³/mol. The number of ether oxygens (including phenoxy) is 1. The number of benzene rings is 1. The first-order valence-corrected chi connectivity index (χ1v) is 4.71. The number of rotatable bonds is 3. The van der Waals surface area contributed by atoms with E-state index in [1.807, 2.05) is 0 Å². The SMILES string of the molecule is COc1cc(Cl)ccc1[C@H](O)[C@@H](C)N. The maximum absolute atomic E-state index is 9.75. The minimum atomic E-state index is -0.734. The van der Waals surface area contributed by atoms with Crippen molar-refractivity contribution in [1.82, 2.24) is 0 Å². The van der Waals surface area contributed by atoms with Crippen LogP contribution >= 0.6 is 11.6 Å². The first-order chi connectivity index (χ1) is 6.56. The van der Waals surface area contributed by atoms with Gasteiger partial charge in [0.25, 0.3) is 0 Å². The molecule has 0 aliphatic heterocycles. The van der Waals surface area contributed by atoms with Crippen LogP contribution in [0, 0.1) is 0 Å². The Morgan fingerprint density at radius 2 is 2.14 bits per heavy atom. The molecule has 4 heteroatoms. The van der Waals surface area contributed by atoms with Crippen LogP contribution in [0.3, 0.4) is 0 Å². The monoisotopic (exact) mass is 215 g/mol. The second kappa shape index (κ2) is 4.64. The van der Waals surface area contributed by atoms with E-state index in [-0.39, 0.29) is 6.04 Å². The molecule has 1 rings (SSSR count). The zero-order valence-electron chi connectivity index (χ0n) is 8.20. The molecule has 0 unspecified atom stereocenters. The van der Waals surface area contributed by atoms with Gasteiger partial charge in [0.15, 0.2) is 0 Å². The second-order valence-electron chi connectivity index (χ2n) is 3.19. The van der Waals surface area contributed by atoms with Crippen LogP contribution in [0.5, 0.6) is 5.75 Å². The Labute approximate surface area is 88.4 Å². The molecule has 0 bridgehead atoms. The topological polar surface area (TPSA) is 55.5 Å². The summed E-state index contributed by atoms with van der Waals surface area (Å²) in [6, 6.07) is 4.73. The number of aliphatic hydroxyl groups is 1. The van der Waals surface area contributed by atoms with Gasteiger partial charge >= 0.3 is 0 Å². The van der Waals surface area contributed by atoms with Crippen LogP contribution in [-0.2, 0) is 0 Å². The smallest absolute Gasteiger partial charge is 0.126 e. The lowest BCUT2D eigenvalue weighted by Gasteiger charge is -2.17. The molecule has 1 aromatic carbocycles. The molecule has 78 valence electrons. The number of hydrogen-bond acceptors (Lipinski definition) is 3. The van der Waals surface area contributed by atoms with Crippen LogP contribution in [0.4, 0.5) is 0 Å². The molecule has 0 heterocycles. The van der Waals surface area contributed by atoms with Gasteiger partial charge in [-0.15, -0.1) is 0 Å². The lowest BCUT2D eigenvalue weighted by atomic mass is 10.0. The Morgan fingerprint density at radius 1 is 1.50 bits per heavy atom. The summed E-state index contributed by atoms with van der Waals surface area (Å²) in [5.41, 5.74) is 6.25. The van der Waals surface area contributed by atoms with Crippen molar-refractivity contribution >= 4 is 11.6 Å². The Hall–Kier alpha value is -0.770. The van der Waals surface area contributed by atoms with E-state index in [1.54, 1.807) is 25.1 Å². The molecule has 3 nitrogen and oxygen atoms in total. The van der Waals surface area contributed by atoms with Crippen LogP contribution < -0.4 is 10.5 Å². The number of methoxy groups -OCH3 is 1. The first kappa shape index (κ1) is 11.3. The van der Waals surface area contributed by atoms with Gasteiger partial charge in [-0.25, -0.2) is 0 Å². The zero-order valence-corrected chi connectivity index (χ0v) is 8.95. The fourth-order valence-corrected chi connectivity index (χ4v) is 1.37. The molecule has 2 atom stereocenters. The standard InChI is InChI=1S/C10H14ClNO2/c1-6(12)10(13)8-4-3-7(11)5-9(8)14-2/h3-6,10,13H,12H2,1-2H3/t6-,10-/m1/s1. The van der Waals surface area contributed by atoms with Crippen LogP contribution in [0.25, 0.3) is 0 Å². The molecule has 0 amide bonds. The molecule has 14 heavy (non-hydrogen) atoms. The van der Waals surface area contributed by atoms with E-state index in [0.717, 1.165) is 0 Å². The van der Waals surface area contributed by atoms with E-state index in [0.29, 0.717) is 16.3 Å². The van der Waals surface area contributed by atoms with Gasteiger partial charge in [0.2, 0.25) is 0 Å². The summed E-state index contributed by atoms with van der Waals surface area (Å²) in [5.74, 6) is 0.558. The van der Waals surface area contributed by atoms with Crippen LogP contribution in [0.1, 0.15) is 18.6 Å². The van der Waals surface area contributed by atoms with Crippen molar-refractivity contribution in [3.05, 3.63) is 28.8 Å². The molecule has 0 aliphatic carbocycles. The fraction of sp³-hybridized carbons (Fsp3) is 0.400. The van der Waals surface area contributed by atoms with E-state index in [1.165, 1.54) is 7.11 Å². The van der Waals surface area contributed by atoms with Crippen LogP contribution in [0.15, 0.2) is 18.2 Å². The van der Waals surface area contributed by atoms with Gasteiger partial charge in [-0.3, -0.25) is 0 Å². The molecule has 1 aromatic rings. The number of halogens is 1. The third kappa shape index (κ3) is 2.38. The summed E-state index contributed by atoms with van der Waals surface area (Å²) in [7, 11) is 1.53. The summed E-state index contributed by atoms with van der Waals surface area (Å²) in [5, 5.41) is 10.3. The molecule has 3 N–H and O–H groups in total. The van der Waals surface area contributed by atoms with Gasteiger partial charge in [-0.1, -0.05) is 17.7 Å². The number of nitrogens with two attached hydrogens (primary N) is 1. The van der Waals surface area contributed by atoms with Gasteiger partial charge in [0.1, 0.15) is 5.75 Å². The first-order valence-electron chi connectivity index (χ1n) is 4.33.